The smallest absolute Gasteiger partial charge is 0.216 e. The Labute approximate surface area is 161 Å². The van der Waals surface area contributed by atoms with Gasteiger partial charge in [0.25, 0.3) is 0 Å². The van der Waals surface area contributed by atoms with Crippen molar-refractivity contribution in [3.63, 3.8) is 0 Å². The van der Waals surface area contributed by atoms with E-state index in [0.29, 0.717) is 24.5 Å². The zero-order valence-electron chi connectivity index (χ0n) is 16.3. The van der Waals surface area contributed by atoms with Crippen LogP contribution in [0.3, 0.4) is 0 Å². The first-order valence-electron chi connectivity index (χ1n) is 10.3. The van der Waals surface area contributed by atoms with Crippen molar-refractivity contribution in [2.24, 2.45) is 0 Å². The molecule has 1 aliphatic carbocycles. The van der Waals surface area contributed by atoms with Crippen molar-refractivity contribution in [1.82, 2.24) is 24.8 Å². The third kappa shape index (κ3) is 4.59. The molecule has 2 aromatic heterocycles. The molecule has 148 valence electrons. The van der Waals surface area contributed by atoms with Crippen LogP contribution in [-0.2, 0) is 4.74 Å². The Morgan fingerprint density at radius 1 is 1.22 bits per heavy atom. The van der Waals surface area contributed by atoms with Crippen molar-refractivity contribution in [3.05, 3.63) is 24.0 Å². The van der Waals surface area contributed by atoms with Crippen LogP contribution in [0.5, 0.6) is 5.88 Å². The third-order valence-electron chi connectivity index (χ3n) is 5.78. The molecule has 1 saturated carbocycles. The lowest BCUT2D eigenvalue weighted by molar-refractivity contribution is 0.0247. The first-order chi connectivity index (χ1) is 13.3. The van der Waals surface area contributed by atoms with Crippen molar-refractivity contribution < 1.29 is 9.47 Å². The molecule has 1 fully saturated rings. The average Bonchev–Trinajstić information content (AvgIpc) is 2.96. The summed E-state index contributed by atoms with van der Waals surface area (Å²) in [6.45, 7) is 5.19. The minimum Gasteiger partial charge on any atom is -0.476 e. The highest BCUT2D eigenvalue weighted by molar-refractivity contribution is 5.49. The summed E-state index contributed by atoms with van der Waals surface area (Å²) < 4.78 is 14.2. The van der Waals surface area contributed by atoms with E-state index in [-0.39, 0.29) is 0 Å². The minimum absolute atomic E-state index is 0.334. The quantitative estimate of drug-likeness (QED) is 0.889. The Bertz CT molecular complexity index is 734. The number of hydrogen-bond acceptors (Lipinski definition) is 6. The number of hydrogen-bond donors (Lipinski definition) is 1. The van der Waals surface area contributed by atoms with Gasteiger partial charge in [0.2, 0.25) is 5.88 Å². The molecule has 7 heteroatoms. The van der Waals surface area contributed by atoms with Gasteiger partial charge >= 0.3 is 0 Å². The van der Waals surface area contributed by atoms with E-state index in [1.165, 1.54) is 24.8 Å². The van der Waals surface area contributed by atoms with Gasteiger partial charge < -0.3 is 14.8 Å². The first-order valence-corrected chi connectivity index (χ1v) is 10.3. The van der Waals surface area contributed by atoms with Gasteiger partial charge in [-0.15, -0.1) is 0 Å². The molecule has 1 N–H and O–H groups in total. The van der Waals surface area contributed by atoms with Gasteiger partial charge in [-0.25, -0.2) is 4.52 Å². The predicted octanol–water partition coefficient (Wildman–Crippen LogP) is 2.08. The van der Waals surface area contributed by atoms with Crippen LogP contribution < -0.4 is 10.1 Å². The fraction of sp³-hybridized carbons (Fsp3) is 0.700. The van der Waals surface area contributed by atoms with Crippen molar-refractivity contribution in [2.45, 2.75) is 44.1 Å². The van der Waals surface area contributed by atoms with E-state index in [9.17, 15) is 0 Å². The van der Waals surface area contributed by atoms with Gasteiger partial charge in [-0.3, -0.25) is 4.90 Å². The summed E-state index contributed by atoms with van der Waals surface area (Å²) in [7, 11) is 1.99. The third-order valence-corrected chi connectivity index (χ3v) is 5.78. The maximum Gasteiger partial charge on any atom is 0.216 e. The Balaban J connectivity index is 1.59. The number of nitrogens with one attached hydrogen (secondary N) is 1. The molecule has 4 rings (SSSR count). The van der Waals surface area contributed by atoms with Gasteiger partial charge in [0.05, 0.1) is 18.9 Å². The topological polar surface area (TPSA) is 63.9 Å². The van der Waals surface area contributed by atoms with E-state index < -0.39 is 0 Å². The summed E-state index contributed by atoms with van der Waals surface area (Å²) in [5, 5.41) is 7.75. The van der Waals surface area contributed by atoms with Crippen LogP contribution in [0.25, 0.3) is 5.65 Å². The maximum absolute atomic E-state index is 6.33. The Kier molecular flexibility index (Phi) is 6.21. The molecule has 27 heavy (non-hydrogen) atoms. The van der Waals surface area contributed by atoms with Crippen molar-refractivity contribution >= 4 is 5.65 Å². The fourth-order valence-corrected chi connectivity index (χ4v) is 4.22. The molecule has 0 aromatic carbocycles. The van der Waals surface area contributed by atoms with E-state index in [2.05, 4.69) is 15.3 Å². The number of nitrogens with zero attached hydrogens (tertiary/aromatic N) is 4. The monoisotopic (exact) mass is 373 g/mol. The molecule has 3 heterocycles. The maximum atomic E-state index is 6.33. The summed E-state index contributed by atoms with van der Waals surface area (Å²) in [5.74, 6) is 1.15. The summed E-state index contributed by atoms with van der Waals surface area (Å²) >= 11 is 0. The Morgan fingerprint density at radius 2 is 2.11 bits per heavy atom. The second-order valence-electron chi connectivity index (χ2n) is 7.64. The largest absolute Gasteiger partial charge is 0.476 e. The molecule has 2 atom stereocenters. The molecular formula is C20H31N5O2. The van der Waals surface area contributed by atoms with Crippen molar-refractivity contribution in [2.75, 3.05) is 46.4 Å². The number of fused-ring (bicyclic) bond motifs is 4. The first kappa shape index (κ1) is 18.7. The number of ether oxygens (including phenoxy) is 2. The molecule has 0 saturated heterocycles. The highest BCUT2D eigenvalue weighted by Gasteiger charge is 2.25. The van der Waals surface area contributed by atoms with Crippen LogP contribution in [0.15, 0.2) is 18.5 Å². The lowest BCUT2D eigenvalue weighted by Crippen LogP contribution is -2.37. The second kappa shape index (κ2) is 8.99. The molecule has 0 amide bonds. The number of aromatic nitrogens is 3. The number of rotatable bonds is 3. The molecule has 0 spiro atoms. The van der Waals surface area contributed by atoms with Crippen LogP contribution in [-0.4, -0.2) is 72.0 Å². The standard InChI is InChI=1S/C20H31N5O2/c1-21-7-9-24-10-12-26-17-5-3-2-4-16(14-17)18-15-22-25-8-6-19(23-20(18)25)27-13-11-24/h6,8,15-17,21H,2-5,7,9-14H2,1H3. The fourth-order valence-electron chi connectivity index (χ4n) is 4.22. The predicted molar refractivity (Wildman–Crippen MR) is 104 cm³/mol. The second-order valence-corrected chi connectivity index (χ2v) is 7.64. The van der Waals surface area contributed by atoms with E-state index in [1.807, 2.05) is 30.0 Å². The van der Waals surface area contributed by atoms with Crippen LogP contribution in [0, 0.1) is 0 Å². The average molecular weight is 374 g/mol. The van der Waals surface area contributed by atoms with E-state index in [1.54, 1.807) is 0 Å². The minimum atomic E-state index is 0.334. The molecule has 2 aliphatic rings. The SMILES string of the molecule is CNCCN1CCOc2ccn3ncc(c3n2)C2CCCCC(C2)OCC1. The van der Waals surface area contributed by atoms with Crippen LogP contribution >= 0.6 is 0 Å². The van der Waals surface area contributed by atoms with Crippen molar-refractivity contribution in [1.29, 1.82) is 0 Å². The molecule has 1 aliphatic heterocycles. The summed E-state index contributed by atoms with van der Waals surface area (Å²) in [4.78, 5) is 7.18. The number of likely N-dealkylation sites (N-methyl/N-ethyl adjacent to an activating group) is 1. The van der Waals surface area contributed by atoms with Crippen LogP contribution in [0.2, 0.25) is 0 Å². The normalized spacial score (nSPS) is 25.1. The van der Waals surface area contributed by atoms with Crippen LogP contribution in [0.4, 0.5) is 0 Å². The van der Waals surface area contributed by atoms with Gasteiger partial charge in [0, 0.05) is 44.0 Å². The molecule has 2 unspecified atom stereocenters. The zero-order valence-corrected chi connectivity index (χ0v) is 16.3. The highest BCUT2D eigenvalue weighted by Crippen LogP contribution is 2.35. The molecular weight excluding hydrogens is 342 g/mol. The molecule has 4 bridgehead atoms. The van der Waals surface area contributed by atoms with Gasteiger partial charge in [-0.2, -0.15) is 10.1 Å². The van der Waals surface area contributed by atoms with E-state index in [4.69, 9.17) is 14.5 Å². The summed E-state index contributed by atoms with van der Waals surface area (Å²) in [6.07, 6.45) is 10.2. The van der Waals surface area contributed by atoms with Gasteiger partial charge in [-0.05, 0) is 32.2 Å². The zero-order chi connectivity index (χ0) is 18.5. The van der Waals surface area contributed by atoms with E-state index in [0.717, 1.165) is 51.3 Å². The Morgan fingerprint density at radius 3 is 3.04 bits per heavy atom. The van der Waals surface area contributed by atoms with E-state index >= 15 is 0 Å². The molecule has 2 aromatic rings. The lowest BCUT2D eigenvalue weighted by atomic mass is 9.93. The lowest BCUT2D eigenvalue weighted by Gasteiger charge is -2.25. The Hall–Kier alpha value is -1.70. The summed E-state index contributed by atoms with van der Waals surface area (Å²) in [6, 6.07) is 1.91. The van der Waals surface area contributed by atoms with Gasteiger partial charge in [0.1, 0.15) is 6.61 Å². The van der Waals surface area contributed by atoms with Gasteiger partial charge in [0.15, 0.2) is 5.65 Å². The molecule has 0 radical (unpaired) electrons. The van der Waals surface area contributed by atoms with Crippen molar-refractivity contribution in [3.8, 4) is 5.88 Å². The van der Waals surface area contributed by atoms with Gasteiger partial charge in [-0.1, -0.05) is 12.8 Å². The molecule has 7 nitrogen and oxygen atoms in total. The van der Waals surface area contributed by atoms with Crippen LogP contribution in [0.1, 0.15) is 43.6 Å². The summed E-state index contributed by atoms with van der Waals surface area (Å²) in [5.41, 5.74) is 2.17. The highest BCUT2D eigenvalue weighted by atomic mass is 16.5.